The van der Waals surface area contributed by atoms with E-state index >= 15 is 17.6 Å². The second-order valence-corrected chi connectivity index (χ2v) is 19.0. The lowest BCUT2D eigenvalue weighted by atomic mass is 9.98. The number of nitrogens with zero attached hydrogens (tertiary/aromatic N) is 3. The minimum Gasteiger partial charge on any atom is -0.308 e. The van der Waals surface area contributed by atoms with Crippen LogP contribution in [0, 0.1) is 68.1 Å². The van der Waals surface area contributed by atoms with E-state index in [1.807, 2.05) is 134 Å². The van der Waals surface area contributed by atoms with Gasteiger partial charge in [-0.2, -0.15) is 5.26 Å². The monoisotopic (exact) mass is 959 g/mol. The molecule has 0 aliphatic heterocycles. The Bertz CT molecular complexity index is 3800. The molecule has 0 amide bonds. The van der Waals surface area contributed by atoms with Crippen LogP contribution in [0.15, 0.2) is 182 Å². The Hall–Kier alpha value is -9.06. The molecule has 0 saturated carbocycles. The molecule has 0 aliphatic carbocycles. The average Bonchev–Trinajstić information content (AvgIpc) is 3.91. The third-order valence-electron chi connectivity index (χ3n) is 14.3. The summed E-state index contributed by atoms with van der Waals surface area (Å²) >= 11 is 0. The SMILES string of the molecule is Cc1ccc(-c2ccc3c(c2)c2cc(-c4ccc(C)cc4)ccc2n3-c2cc(-c3c(F)c(F)c(F)c(F)c3F)cc(-n3c4ccc(-c5ccc(C)cc5)cc4c4cc(-c5ccc(C)cc5)ccc43)c2C#N)cc1. The van der Waals surface area contributed by atoms with Crippen LogP contribution in [-0.2, 0) is 0 Å². The predicted octanol–water partition coefficient (Wildman–Crippen LogP) is 18.0. The van der Waals surface area contributed by atoms with Crippen molar-refractivity contribution in [3.8, 4) is 73.1 Å². The molecule has 0 bridgehead atoms. The Morgan fingerprint density at radius 3 is 0.808 bits per heavy atom. The van der Waals surface area contributed by atoms with Gasteiger partial charge in [-0.1, -0.05) is 144 Å². The van der Waals surface area contributed by atoms with Gasteiger partial charge in [-0.15, -0.1) is 0 Å². The average molecular weight is 960 g/mol. The summed E-state index contributed by atoms with van der Waals surface area (Å²) in [5.74, 6) is -10.4. The zero-order chi connectivity index (χ0) is 50.4. The van der Waals surface area contributed by atoms with Gasteiger partial charge < -0.3 is 9.13 Å². The minimum atomic E-state index is -2.26. The summed E-state index contributed by atoms with van der Waals surface area (Å²) in [4.78, 5) is 0. The molecule has 2 heterocycles. The number of hydrogen-bond donors (Lipinski definition) is 0. The van der Waals surface area contributed by atoms with Gasteiger partial charge in [0, 0.05) is 21.5 Å². The Balaban J connectivity index is 1.20. The van der Waals surface area contributed by atoms with Crippen molar-refractivity contribution in [1.82, 2.24) is 9.13 Å². The third-order valence-corrected chi connectivity index (χ3v) is 14.3. The molecule has 0 saturated heterocycles. The first kappa shape index (κ1) is 45.1. The summed E-state index contributed by atoms with van der Waals surface area (Å²) in [6.07, 6.45) is 0. The molecule has 0 aliphatic rings. The van der Waals surface area contributed by atoms with Crippen molar-refractivity contribution >= 4 is 43.6 Å². The Morgan fingerprint density at radius 1 is 0.301 bits per heavy atom. The van der Waals surface area contributed by atoms with Crippen molar-refractivity contribution in [2.75, 3.05) is 0 Å². The molecule has 352 valence electrons. The van der Waals surface area contributed by atoms with Crippen LogP contribution in [0.2, 0.25) is 0 Å². The lowest BCUT2D eigenvalue weighted by Gasteiger charge is -2.19. The van der Waals surface area contributed by atoms with Gasteiger partial charge in [-0.3, -0.25) is 0 Å². The highest BCUT2D eigenvalue weighted by atomic mass is 19.2. The van der Waals surface area contributed by atoms with Gasteiger partial charge in [0.1, 0.15) is 11.6 Å². The van der Waals surface area contributed by atoms with Crippen molar-refractivity contribution in [2.45, 2.75) is 27.7 Å². The smallest absolute Gasteiger partial charge is 0.200 e. The van der Waals surface area contributed by atoms with E-state index in [0.717, 1.165) is 88.3 Å². The van der Waals surface area contributed by atoms with Gasteiger partial charge in [-0.25, -0.2) is 22.0 Å². The van der Waals surface area contributed by atoms with Crippen LogP contribution < -0.4 is 0 Å². The molecule has 8 heteroatoms. The van der Waals surface area contributed by atoms with Crippen LogP contribution in [0.25, 0.3) is 111 Å². The first-order chi connectivity index (χ1) is 35.3. The Labute approximate surface area is 417 Å². The number of fused-ring (bicyclic) bond motifs is 6. The van der Waals surface area contributed by atoms with Crippen LogP contribution in [-0.4, -0.2) is 9.13 Å². The molecular formula is C65H42F5N3. The molecule has 0 radical (unpaired) electrons. The highest BCUT2D eigenvalue weighted by Gasteiger charge is 2.30. The summed E-state index contributed by atoms with van der Waals surface area (Å²) in [5, 5.41) is 14.9. The molecule has 2 aromatic heterocycles. The lowest BCUT2D eigenvalue weighted by molar-refractivity contribution is 0.381. The molecule has 73 heavy (non-hydrogen) atoms. The Morgan fingerprint density at radius 2 is 0.548 bits per heavy atom. The number of hydrogen-bond acceptors (Lipinski definition) is 1. The van der Waals surface area contributed by atoms with E-state index in [2.05, 4.69) is 78.9 Å². The van der Waals surface area contributed by atoms with E-state index in [1.54, 1.807) is 0 Å². The highest BCUT2D eigenvalue weighted by molar-refractivity contribution is 6.14. The molecule has 12 aromatic rings. The van der Waals surface area contributed by atoms with Gasteiger partial charge in [0.25, 0.3) is 0 Å². The molecule has 0 atom stereocenters. The second-order valence-electron chi connectivity index (χ2n) is 19.0. The fourth-order valence-electron chi connectivity index (χ4n) is 10.3. The number of halogens is 5. The normalized spacial score (nSPS) is 11.6. The maximum Gasteiger partial charge on any atom is 0.200 e. The van der Waals surface area contributed by atoms with Crippen LogP contribution in [0.4, 0.5) is 22.0 Å². The molecule has 0 N–H and O–H groups in total. The van der Waals surface area contributed by atoms with Gasteiger partial charge in [0.05, 0.1) is 39.0 Å². The minimum absolute atomic E-state index is 0.0978. The van der Waals surface area contributed by atoms with Crippen LogP contribution >= 0.6 is 0 Å². The number of rotatable bonds is 7. The maximum absolute atomic E-state index is 16.4. The number of aromatic nitrogens is 2. The second kappa shape index (κ2) is 17.4. The summed E-state index contributed by atoms with van der Waals surface area (Å²) in [6, 6.07) is 62.1. The predicted molar refractivity (Wildman–Crippen MR) is 286 cm³/mol. The molecule has 0 unspecified atom stereocenters. The van der Waals surface area contributed by atoms with E-state index < -0.39 is 34.6 Å². The van der Waals surface area contributed by atoms with Gasteiger partial charge in [0.2, 0.25) is 5.82 Å². The standard InChI is InChI=1S/C65H42F5N3/c1-36-5-13-40(14-6-36)44-21-25-54-49(29-44)50-30-45(41-15-7-37(2)8-16-41)22-26-55(50)72(54)58-33-48(60-61(66)63(68)65(70)64(69)62(60)67)34-59(53(58)35-71)73-56-27-23-46(42-17-9-38(3)10-18-42)31-51(56)52-32-47(24-28-57(52)73)43-19-11-39(4)12-20-43/h5-34H,1-4H3. The quantitative estimate of drug-likeness (QED) is 0.0890. The van der Waals surface area contributed by atoms with Crippen molar-refractivity contribution in [2.24, 2.45) is 0 Å². The molecule has 0 fully saturated rings. The largest absolute Gasteiger partial charge is 0.308 e. The summed E-state index contributed by atoms with van der Waals surface area (Å²) in [5.41, 5.74) is 13.7. The number of benzene rings is 10. The highest BCUT2D eigenvalue weighted by Crippen LogP contribution is 2.44. The zero-order valence-electron chi connectivity index (χ0n) is 40.1. The first-order valence-electron chi connectivity index (χ1n) is 23.9. The number of nitriles is 1. The van der Waals surface area contributed by atoms with Crippen molar-refractivity contribution in [1.29, 1.82) is 5.26 Å². The van der Waals surface area contributed by atoms with Crippen LogP contribution in [0.1, 0.15) is 27.8 Å². The molecule has 10 aromatic carbocycles. The lowest BCUT2D eigenvalue weighted by Crippen LogP contribution is -2.08. The molecular weight excluding hydrogens is 918 g/mol. The molecule has 0 spiro atoms. The fourth-order valence-corrected chi connectivity index (χ4v) is 10.3. The maximum atomic E-state index is 16.4. The van der Waals surface area contributed by atoms with Crippen molar-refractivity contribution in [3.05, 3.63) is 239 Å². The van der Waals surface area contributed by atoms with Gasteiger partial charge in [0.15, 0.2) is 23.3 Å². The van der Waals surface area contributed by atoms with Crippen molar-refractivity contribution in [3.63, 3.8) is 0 Å². The zero-order valence-corrected chi connectivity index (χ0v) is 40.1. The molecule has 12 rings (SSSR count). The van der Waals surface area contributed by atoms with Gasteiger partial charge >= 0.3 is 0 Å². The topological polar surface area (TPSA) is 33.6 Å². The van der Waals surface area contributed by atoms with E-state index in [0.29, 0.717) is 22.1 Å². The van der Waals surface area contributed by atoms with Crippen LogP contribution in [0.5, 0.6) is 0 Å². The number of aryl methyl sites for hydroxylation is 4. The molecule has 3 nitrogen and oxygen atoms in total. The third kappa shape index (κ3) is 7.47. The summed E-state index contributed by atoms with van der Waals surface area (Å²) < 4.78 is 82.1. The van der Waals surface area contributed by atoms with Gasteiger partial charge in [-0.05, 0) is 138 Å². The van der Waals surface area contributed by atoms with E-state index in [1.165, 1.54) is 12.1 Å². The Kier molecular flexibility index (Phi) is 10.7. The van der Waals surface area contributed by atoms with E-state index in [9.17, 15) is 9.65 Å². The van der Waals surface area contributed by atoms with E-state index in [4.69, 9.17) is 0 Å². The van der Waals surface area contributed by atoms with Crippen molar-refractivity contribution < 1.29 is 22.0 Å². The van der Waals surface area contributed by atoms with Crippen LogP contribution in [0.3, 0.4) is 0 Å². The summed E-state index contributed by atoms with van der Waals surface area (Å²) in [7, 11) is 0. The summed E-state index contributed by atoms with van der Waals surface area (Å²) in [6.45, 7) is 8.11. The fraction of sp³-hybridized carbons (Fsp3) is 0.0615. The van der Waals surface area contributed by atoms with E-state index in [-0.39, 0.29) is 22.5 Å². The first-order valence-corrected chi connectivity index (χ1v) is 23.9.